The summed E-state index contributed by atoms with van der Waals surface area (Å²) < 4.78 is 6.16. The zero-order valence-electron chi connectivity index (χ0n) is 15.1. The van der Waals surface area contributed by atoms with Gasteiger partial charge in [0, 0.05) is 6.07 Å². The second-order valence-electron chi connectivity index (χ2n) is 6.95. The van der Waals surface area contributed by atoms with E-state index < -0.39 is 0 Å². The average Bonchev–Trinajstić information content (AvgIpc) is 3.00. The molecule has 0 bridgehead atoms. The molecule has 3 aromatic rings. The molecule has 0 aliphatic rings. The van der Waals surface area contributed by atoms with Gasteiger partial charge >= 0.3 is 0 Å². The molecule has 0 saturated heterocycles. The van der Waals surface area contributed by atoms with Gasteiger partial charge in [0.15, 0.2) is 0 Å². The van der Waals surface area contributed by atoms with Crippen molar-refractivity contribution >= 4 is 11.0 Å². The molecule has 5 heteroatoms. The number of hydrogen-bond donors (Lipinski definition) is 1. The number of phenols is 1. The van der Waals surface area contributed by atoms with Crippen molar-refractivity contribution in [2.45, 2.75) is 52.1 Å². The average molecular weight is 339 g/mol. The van der Waals surface area contributed by atoms with Gasteiger partial charge in [0.2, 0.25) is 0 Å². The lowest BCUT2D eigenvalue weighted by Crippen LogP contribution is -2.28. The van der Waals surface area contributed by atoms with Crippen LogP contribution < -0.4 is 4.74 Å². The quantitative estimate of drug-likeness (QED) is 0.624. The lowest BCUT2D eigenvalue weighted by molar-refractivity contribution is 0.0961. The summed E-state index contributed by atoms with van der Waals surface area (Å²) in [6, 6.07) is 12.8. The molecule has 2 aromatic carbocycles. The fraction of sp³-hybridized carbons (Fsp3) is 0.400. The molecular formula is C20H25N3O2. The largest absolute Gasteiger partial charge is 0.506 e. The van der Waals surface area contributed by atoms with Crippen LogP contribution in [-0.2, 0) is 0 Å². The van der Waals surface area contributed by atoms with Crippen molar-refractivity contribution in [2.24, 2.45) is 0 Å². The molecule has 3 rings (SSSR count). The van der Waals surface area contributed by atoms with Crippen molar-refractivity contribution in [1.82, 2.24) is 15.0 Å². The number of aromatic hydroxyl groups is 1. The summed E-state index contributed by atoms with van der Waals surface area (Å²) in [7, 11) is 0. The van der Waals surface area contributed by atoms with Crippen LogP contribution in [0, 0.1) is 0 Å². The van der Waals surface area contributed by atoms with Crippen LogP contribution in [0.5, 0.6) is 11.5 Å². The zero-order chi connectivity index (χ0) is 17.9. The van der Waals surface area contributed by atoms with Crippen molar-refractivity contribution in [2.75, 3.05) is 0 Å². The monoisotopic (exact) mass is 339 g/mol. The minimum absolute atomic E-state index is 0.122. The first-order valence-electron chi connectivity index (χ1n) is 8.83. The van der Waals surface area contributed by atoms with E-state index in [1.54, 1.807) is 18.2 Å². The van der Waals surface area contributed by atoms with Crippen LogP contribution >= 0.6 is 0 Å². The number of unbranched alkanes of at least 4 members (excludes halogenated alkanes) is 2. The molecule has 132 valence electrons. The number of ether oxygens (including phenoxy) is 1. The molecule has 0 atom stereocenters. The summed E-state index contributed by atoms with van der Waals surface area (Å²) in [4.78, 5) is 1.46. The van der Waals surface area contributed by atoms with Crippen molar-refractivity contribution < 1.29 is 9.84 Å². The normalized spacial score (nSPS) is 11.8. The fourth-order valence-corrected chi connectivity index (χ4v) is 2.87. The third-order valence-electron chi connectivity index (χ3n) is 4.23. The number of aromatic nitrogens is 3. The standard InChI is InChI=1S/C20H25N3O2/c1-4-5-8-13-20(2,3)25-15-11-12-19(24)18(14-15)23-21-16-9-6-7-10-17(16)22-23/h6-7,9-12,14,24H,4-5,8,13H2,1-3H3. The summed E-state index contributed by atoms with van der Waals surface area (Å²) in [5.74, 6) is 0.826. The number of phenolic OH excluding ortho intramolecular Hbond substituents is 1. The van der Waals surface area contributed by atoms with Gasteiger partial charge in [-0.15, -0.1) is 15.0 Å². The molecule has 0 radical (unpaired) electrons. The molecule has 0 saturated carbocycles. The maximum Gasteiger partial charge on any atom is 0.143 e. The van der Waals surface area contributed by atoms with Crippen molar-refractivity contribution in [3.8, 4) is 17.2 Å². The van der Waals surface area contributed by atoms with Gasteiger partial charge < -0.3 is 9.84 Å². The van der Waals surface area contributed by atoms with Gasteiger partial charge in [0.05, 0.1) is 0 Å². The second-order valence-corrected chi connectivity index (χ2v) is 6.95. The number of rotatable bonds is 7. The van der Waals surface area contributed by atoms with Crippen LogP contribution in [0.2, 0.25) is 0 Å². The lowest BCUT2D eigenvalue weighted by atomic mass is 10.0. The lowest BCUT2D eigenvalue weighted by Gasteiger charge is -2.26. The summed E-state index contributed by atoms with van der Waals surface area (Å²) in [6.07, 6.45) is 4.52. The Morgan fingerprint density at radius 1 is 1.04 bits per heavy atom. The van der Waals surface area contributed by atoms with E-state index in [-0.39, 0.29) is 11.4 Å². The van der Waals surface area contributed by atoms with Crippen LogP contribution in [0.4, 0.5) is 0 Å². The minimum Gasteiger partial charge on any atom is -0.506 e. The van der Waals surface area contributed by atoms with Crippen LogP contribution in [-0.4, -0.2) is 25.7 Å². The van der Waals surface area contributed by atoms with Crippen molar-refractivity contribution in [3.05, 3.63) is 42.5 Å². The molecule has 0 aliphatic heterocycles. The molecule has 0 aliphatic carbocycles. The van der Waals surface area contributed by atoms with E-state index in [1.807, 2.05) is 24.3 Å². The van der Waals surface area contributed by atoms with Gasteiger partial charge in [0.1, 0.15) is 33.8 Å². The molecule has 1 aromatic heterocycles. The van der Waals surface area contributed by atoms with Crippen molar-refractivity contribution in [3.63, 3.8) is 0 Å². The van der Waals surface area contributed by atoms with Gasteiger partial charge in [0.25, 0.3) is 0 Å². The van der Waals surface area contributed by atoms with Crippen LogP contribution in [0.1, 0.15) is 46.5 Å². The summed E-state index contributed by atoms with van der Waals surface area (Å²) in [5.41, 5.74) is 1.82. The first-order chi connectivity index (χ1) is 12.0. The SMILES string of the molecule is CCCCCC(C)(C)Oc1ccc(O)c(-n2nc3ccccc3n2)c1. The Balaban J connectivity index is 1.85. The number of nitrogens with zero attached hydrogens (tertiary/aromatic N) is 3. The second kappa shape index (κ2) is 7.13. The topological polar surface area (TPSA) is 60.2 Å². The van der Waals surface area contributed by atoms with E-state index in [1.165, 1.54) is 17.6 Å². The molecule has 1 heterocycles. The smallest absolute Gasteiger partial charge is 0.143 e. The van der Waals surface area contributed by atoms with Gasteiger partial charge in [-0.25, -0.2) is 0 Å². The van der Waals surface area contributed by atoms with E-state index >= 15 is 0 Å². The Kier molecular flexibility index (Phi) is 4.93. The van der Waals surface area contributed by atoms with Gasteiger partial charge in [-0.2, -0.15) is 0 Å². The Hall–Kier alpha value is -2.56. The Morgan fingerprint density at radius 3 is 2.36 bits per heavy atom. The van der Waals surface area contributed by atoms with Gasteiger partial charge in [-0.3, -0.25) is 0 Å². The molecule has 0 spiro atoms. The highest BCUT2D eigenvalue weighted by Gasteiger charge is 2.20. The number of hydrogen-bond acceptors (Lipinski definition) is 4. The molecule has 0 unspecified atom stereocenters. The highest BCUT2D eigenvalue weighted by atomic mass is 16.5. The molecule has 1 N–H and O–H groups in total. The molecule has 25 heavy (non-hydrogen) atoms. The minimum atomic E-state index is -0.258. The Morgan fingerprint density at radius 2 is 1.72 bits per heavy atom. The van der Waals surface area contributed by atoms with Crippen molar-refractivity contribution in [1.29, 1.82) is 0 Å². The van der Waals surface area contributed by atoms with Crippen LogP contribution in [0.15, 0.2) is 42.5 Å². The van der Waals surface area contributed by atoms with Gasteiger partial charge in [-0.1, -0.05) is 31.9 Å². The summed E-state index contributed by atoms with van der Waals surface area (Å²) in [5, 5.41) is 19.1. The third kappa shape index (κ3) is 4.10. The number of fused-ring (bicyclic) bond motifs is 1. The molecule has 0 amide bonds. The van der Waals surface area contributed by atoms with E-state index in [0.717, 1.165) is 23.9 Å². The zero-order valence-corrected chi connectivity index (χ0v) is 15.1. The van der Waals surface area contributed by atoms with E-state index in [4.69, 9.17) is 4.74 Å². The summed E-state index contributed by atoms with van der Waals surface area (Å²) >= 11 is 0. The highest BCUT2D eigenvalue weighted by Crippen LogP contribution is 2.30. The summed E-state index contributed by atoms with van der Waals surface area (Å²) in [6.45, 7) is 6.38. The first kappa shape index (κ1) is 17.3. The molecule has 5 nitrogen and oxygen atoms in total. The van der Waals surface area contributed by atoms with Crippen LogP contribution in [0.3, 0.4) is 0 Å². The molecular weight excluding hydrogens is 314 g/mol. The van der Waals surface area contributed by atoms with E-state index in [0.29, 0.717) is 11.4 Å². The predicted molar refractivity (Wildman–Crippen MR) is 99.4 cm³/mol. The third-order valence-corrected chi connectivity index (χ3v) is 4.23. The Labute approximate surface area is 148 Å². The van der Waals surface area contributed by atoms with Gasteiger partial charge in [-0.05, 0) is 51.0 Å². The maximum absolute atomic E-state index is 10.2. The van der Waals surface area contributed by atoms with E-state index in [9.17, 15) is 5.11 Å². The van der Waals surface area contributed by atoms with E-state index in [2.05, 4.69) is 31.0 Å². The maximum atomic E-state index is 10.2. The molecule has 0 fully saturated rings. The predicted octanol–water partition coefficient (Wildman–Crippen LogP) is 4.86. The van der Waals surface area contributed by atoms with Crippen LogP contribution in [0.25, 0.3) is 16.7 Å². The fourth-order valence-electron chi connectivity index (χ4n) is 2.87. The Bertz CT molecular complexity index is 822. The highest BCUT2D eigenvalue weighted by molar-refractivity contribution is 5.73. The first-order valence-corrected chi connectivity index (χ1v) is 8.83. The number of benzene rings is 2.